The number of carbonyl (C=O) groups excluding carboxylic acids is 1. The molecule has 2 aromatic carbocycles. The lowest BCUT2D eigenvalue weighted by molar-refractivity contribution is -0.0907. The molecule has 4 N–H and O–H groups in total. The van der Waals surface area contributed by atoms with E-state index in [1.807, 2.05) is 44.2 Å². The fourth-order valence-corrected chi connectivity index (χ4v) is 7.08. The van der Waals surface area contributed by atoms with Gasteiger partial charge >= 0.3 is 6.09 Å². The molecule has 0 bridgehead atoms. The highest BCUT2D eigenvalue weighted by Gasteiger charge is 2.44. The summed E-state index contributed by atoms with van der Waals surface area (Å²) in [5.74, 6) is -0.0529. The lowest BCUT2D eigenvalue weighted by atomic mass is 9.88. The average Bonchev–Trinajstić information content (AvgIpc) is 3.57. The highest BCUT2D eigenvalue weighted by molar-refractivity contribution is 7.89. The molecule has 2 aliphatic rings. The number of amides is 1. The zero-order valence-electron chi connectivity index (χ0n) is 24.0. The summed E-state index contributed by atoms with van der Waals surface area (Å²) in [7, 11) is -4.10. The quantitative estimate of drug-likeness (QED) is 0.293. The van der Waals surface area contributed by atoms with Gasteiger partial charge in [0, 0.05) is 25.2 Å². The number of aliphatic hydroxyl groups is 1. The summed E-state index contributed by atoms with van der Waals surface area (Å²) in [4.78, 5) is 13.1. The zero-order valence-corrected chi connectivity index (χ0v) is 24.8. The summed E-state index contributed by atoms with van der Waals surface area (Å²) >= 11 is 0. The molecule has 2 heterocycles. The monoisotopic (exact) mass is 600 g/mol. The van der Waals surface area contributed by atoms with E-state index >= 15 is 0 Å². The van der Waals surface area contributed by atoms with E-state index in [4.69, 9.17) is 25.2 Å². The number of fused-ring (bicyclic) bond motifs is 1. The van der Waals surface area contributed by atoms with E-state index in [9.17, 15) is 18.3 Å². The van der Waals surface area contributed by atoms with Crippen LogP contribution >= 0.6 is 0 Å². The SMILES string of the molecule is CC(C)(CCC#N)CN(C[C@@H](O)[C@H](Cc1ccccc1)NC(=O)OC1CO[C@@H]2OCC[C@H]12)S(=O)(=O)c1cccc(N)c1. The van der Waals surface area contributed by atoms with Crippen LogP contribution in [0.1, 0.15) is 38.7 Å². The second-order valence-corrected chi connectivity index (χ2v) is 13.6. The predicted molar refractivity (Wildman–Crippen MR) is 155 cm³/mol. The molecule has 2 aliphatic heterocycles. The Hall–Kier alpha value is -3.21. The van der Waals surface area contributed by atoms with Crippen LogP contribution in [0.5, 0.6) is 0 Å². The molecule has 11 nitrogen and oxygen atoms in total. The van der Waals surface area contributed by atoms with E-state index in [0.29, 0.717) is 13.0 Å². The number of anilines is 1. The maximum Gasteiger partial charge on any atom is 0.407 e. The van der Waals surface area contributed by atoms with E-state index in [2.05, 4.69) is 11.4 Å². The fraction of sp³-hybridized carbons (Fsp3) is 0.533. The van der Waals surface area contributed by atoms with Gasteiger partial charge in [-0.2, -0.15) is 9.57 Å². The summed E-state index contributed by atoms with van der Waals surface area (Å²) in [5.41, 5.74) is 6.45. The van der Waals surface area contributed by atoms with Crippen LogP contribution in [0.25, 0.3) is 0 Å². The van der Waals surface area contributed by atoms with Crippen molar-refractivity contribution in [1.29, 1.82) is 5.26 Å². The number of nitrogens with two attached hydrogens (primary N) is 1. The van der Waals surface area contributed by atoms with Crippen molar-refractivity contribution in [3.8, 4) is 6.07 Å². The van der Waals surface area contributed by atoms with Gasteiger partial charge in [0.1, 0.15) is 6.10 Å². The molecule has 2 fully saturated rings. The third-order valence-electron chi connectivity index (χ3n) is 7.71. The van der Waals surface area contributed by atoms with E-state index in [1.54, 1.807) is 12.1 Å². The van der Waals surface area contributed by atoms with E-state index in [0.717, 1.165) is 12.0 Å². The smallest absolute Gasteiger partial charge is 0.407 e. The minimum absolute atomic E-state index is 0.00710. The maximum absolute atomic E-state index is 13.9. The minimum atomic E-state index is -4.10. The van der Waals surface area contributed by atoms with Crippen molar-refractivity contribution < 1.29 is 32.5 Å². The second-order valence-electron chi connectivity index (χ2n) is 11.7. The number of hydrogen-bond acceptors (Lipinski definition) is 9. The lowest BCUT2D eigenvalue weighted by Crippen LogP contribution is -2.52. The summed E-state index contributed by atoms with van der Waals surface area (Å²) in [6.07, 6.45) is -1.23. The molecular weight excluding hydrogens is 560 g/mol. The molecule has 42 heavy (non-hydrogen) atoms. The normalized spacial score (nSPS) is 21.8. The average molecular weight is 601 g/mol. The molecule has 12 heteroatoms. The highest BCUT2D eigenvalue weighted by atomic mass is 32.2. The van der Waals surface area contributed by atoms with Crippen molar-refractivity contribution in [3.63, 3.8) is 0 Å². The van der Waals surface area contributed by atoms with Crippen molar-refractivity contribution in [3.05, 3.63) is 60.2 Å². The van der Waals surface area contributed by atoms with Gasteiger partial charge in [0.05, 0.1) is 42.2 Å². The van der Waals surface area contributed by atoms with Gasteiger partial charge in [0.15, 0.2) is 6.29 Å². The number of rotatable bonds is 13. The number of nitrogens with zero attached hydrogens (tertiary/aromatic N) is 2. The molecule has 0 spiro atoms. The molecule has 0 aromatic heterocycles. The zero-order chi connectivity index (χ0) is 30.3. The fourth-order valence-electron chi connectivity index (χ4n) is 5.38. The van der Waals surface area contributed by atoms with Gasteiger partial charge in [0.25, 0.3) is 0 Å². The topological polar surface area (TPSA) is 164 Å². The van der Waals surface area contributed by atoms with Crippen LogP contribution in [0.3, 0.4) is 0 Å². The Morgan fingerprint density at radius 2 is 2.00 bits per heavy atom. The number of nitriles is 1. The van der Waals surface area contributed by atoms with Crippen LogP contribution in [0.4, 0.5) is 10.5 Å². The Kier molecular flexibility index (Phi) is 10.5. The first-order valence-corrected chi connectivity index (χ1v) is 15.6. The van der Waals surface area contributed by atoms with Gasteiger partial charge in [0.2, 0.25) is 10.0 Å². The minimum Gasteiger partial charge on any atom is -0.443 e. The van der Waals surface area contributed by atoms with Crippen LogP contribution in [-0.2, 0) is 30.7 Å². The van der Waals surface area contributed by atoms with Crippen LogP contribution in [0, 0.1) is 22.7 Å². The Labute approximate surface area is 247 Å². The summed E-state index contributed by atoms with van der Waals surface area (Å²) < 4.78 is 45.7. The van der Waals surface area contributed by atoms with E-state index in [1.165, 1.54) is 16.4 Å². The first kappa shape index (κ1) is 31.7. The Morgan fingerprint density at radius 1 is 1.24 bits per heavy atom. The van der Waals surface area contributed by atoms with Crippen molar-refractivity contribution in [2.45, 2.75) is 69.0 Å². The molecule has 5 atom stereocenters. The van der Waals surface area contributed by atoms with Gasteiger partial charge in [-0.15, -0.1) is 0 Å². The third kappa shape index (κ3) is 8.20. The number of hydrogen-bond donors (Lipinski definition) is 3. The molecule has 0 radical (unpaired) electrons. The largest absolute Gasteiger partial charge is 0.443 e. The van der Waals surface area contributed by atoms with E-state index in [-0.39, 0.29) is 55.3 Å². The molecule has 228 valence electrons. The number of sulfonamides is 1. The number of carbonyl (C=O) groups is 1. The Morgan fingerprint density at radius 3 is 2.71 bits per heavy atom. The molecule has 0 saturated carbocycles. The molecule has 1 unspecified atom stereocenters. The second kappa shape index (κ2) is 13.8. The summed E-state index contributed by atoms with van der Waals surface area (Å²) in [6.45, 7) is 4.23. The van der Waals surface area contributed by atoms with E-state index < -0.39 is 39.8 Å². The number of nitrogen functional groups attached to an aromatic ring is 1. The summed E-state index contributed by atoms with van der Waals surface area (Å²) in [5, 5.41) is 23.4. The number of aliphatic hydroxyl groups excluding tert-OH is 1. The van der Waals surface area contributed by atoms with Crippen molar-refractivity contribution in [2.24, 2.45) is 11.3 Å². The van der Waals surface area contributed by atoms with Crippen LogP contribution in [0.2, 0.25) is 0 Å². The third-order valence-corrected chi connectivity index (χ3v) is 9.52. The standard InChI is InChI=1S/C30H40N4O7S/c1-30(2,13-7-14-31)20-34(42(37,38)23-11-6-10-22(32)17-23)18-26(35)25(16-21-8-4-3-5-9-21)33-29(36)41-27-19-40-28-24(27)12-15-39-28/h3-6,8-11,17,24-28,35H,7,12-13,15-16,18-20,32H2,1-2H3,(H,33,36)/t24-,25+,26-,27?,28+/m1/s1. The van der Waals surface area contributed by atoms with Crippen LogP contribution in [0.15, 0.2) is 59.5 Å². The van der Waals surface area contributed by atoms with Crippen LogP contribution < -0.4 is 11.1 Å². The van der Waals surface area contributed by atoms with Gasteiger partial charge in [-0.1, -0.05) is 50.2 Å². The number of benzene rings is 2. The van der Waals surface area contributed by atoms with Crippen molar-refractivity contribution in [2.75, 3.05) is 32.0 Å². The number of nitrogens with one attached hydrogen (secondary N) is 1. The first-order chi connectivity index (χ1) is 20.0. The van der Waals surface area contributed by atoms with Crippen LogP contribution in [-0.4, -0.2) is 74.8 Å². The Bertz CT molecular complexity index is 1350. The first-order valence-electron chi connectivity index (χ1n) is 14.1. The molecular formula is C30H40N4O7S. The predicted octanol–water partition coefficient (Wildman–Crippen LogP) is 3.05. The molecule has 1 amide bonds. The molecule has 0 aliphatic carbocycles. The highest BCUT2D eigenvalue weighted by Crippen LogP contribution is 2.33. The van der Waals surface area contributed by atoms with Gasteiger partial charge < -0.3 is 30.4 Å². The van der Waals surface area contributed by atoms with Gasteiger partial charge in [-0.25, -0.2) is 13.2 Å². The van der Waals surface area contributed by atoms with Crippen molar-refractivity contribution in [1.82, 2.24) is 9.62 Å². The van der Waals surface area contributed by atoms with Crippen molar-refractivity contribution >= 4 is 21.8 Å². The summed E-state index contributed by atoms with van der Waals surface area (Å²) in [6, 6.07) is 16.5. The number of ether oxygens (including phenoxy) is 3. The van der Waals surface area contributed by atoms with Gasteiger partial charge in [-0.3, -0.25) is 0 Å². The number of alkyl carbamates (subject to hydrolysis) is 1. The molecule has 2 aromatic rings. The van der Waals surface area contributed by atoms with Gasteiger partial charge in [-0.05, 0) is 48.4 Å². The Balaban J connectivity index is 1.56. The lowest BCUT2D eigenvalue weighted by Gasteiger charge is -2.35. The molecule has 2 saturated heterocycles. The molecule has 4 rings (SSSR count). The maximum atomic E-state index is 13.9.